The van der Waals surface area contributed by atoms with Crippen LogP contribution in [-0.4, -0.2) is 0 Å². The molecule has 0 unspecified atom stereocenters. The van der Waals surface area contributed by atoms with Gasteiger partial charge < -0.3 is 0 Å². The Balaban J connectivity index is 1.40. The van der Waals surface area contributed by atoms with Crippen LogP contribution in [0.5, 0.6) is 0 Å². The van der Waals surface area contributed by atoms with Crippen molar-refractivity contribution in [1.29, 1.82) is 0 Å². The van der Waals surface area contributed by atoms with E-state index in [9.17, 15) is 0 Å². The van der Waals surface area contributed by atoms with Gasteiger partial charge in [-0.2, -0.15) is 0 Å². The minimum Gasteiger partial charge on any atom is -0.279 e. The number of hydrogen-bond donors (Lipinski definition) is 2. The summed E-state index contributed by atoms with van der Waals surface area (Å²) in [7, 11) is 0. The normalized spacial score (nSPS) is 14.1. The lowest BCUT2D eigenvalue weighted by Gasteiger charge is -2.22. The van der Waals surface area contributed by atoms with E-state index in [-0.39, 0.29) is 0 Å². The third-order valence-electron chi connectivity index (χ3n) is 6.51. The number of para-hydroxylation sites is 2. The SMILES string of the molecule is NN1c2ccccc2C=Cc2cc(-c3ccc4c(c3)CCc3ccccc3N4N)ccc21. The fourth-order valence-corrected chi connectivity index (χ4v) is 4.80. The van der Waals surface area contributed by atoms with Crippen LogP contribution in [0.25, 0.3) is 23.3 Å². The molecule has 0 aliphatic carbocycles. The number of fused-ring (bicyclic) bond motifs is 4. The summed E-state index contributed by atoms with van der Waals surface area (Å²) in [6.07, 6.45) is 6.22. The summed E-state index contributed by atoms with van der Waals surface area (Å²) in [5, 5.41) is 3.60. The first kappa shape index (κ1) is 18.9. The van der Waals surface area contributed by atoms with Gasteiger partial charge in [0.1, 0.15) is 0 Å². The molecule has 2 aliphatic heterocycles. The molecule has 0 saturated heterocycles. The first-order chi connectivity index (χ1) is 15.7. The summed E-state index contributed by atoms with van der Waals surface area (Å²) >= 11 is 0. The molecule has 0 spiro atoms. The van der Waals surface area contributed by atoms with Gasteiger partial charge in [0.2, 0.25) is 0 Å². The highest BCUT2D eigenvalue weighted by Crippen LogP contribution is 2.38. The molecule has 0 amide bonds. The van der Waals surface area contributed by atoms with Gasteiger partial charge in [0.15, 0.2) is 0 Å². The van der Waals surface area contributed by atoms with Gasteiger partial charge in [-0.05, 0) is 77.1 Å². The summed E-state index contributed by atoms with van der Waals surface area (Å²) < 4.78 is 0. The van der Waals surface area contributed by atoms with Crippen LogP contribution in [0.3, 0.4) is 0 Å². The summed E-state index contributed by atoms with van der Waals surface area (Å²) in [4.78, 5) is 0. The summed E-state index contributed by atoms with van der Waals surface area (Å²) in [6.45, 7) is 0. The lowest BCUT2D eigenvalue weighted by atomic mass is 9.97. The largest absolute Gasteiger partial charge is 0.279 e. The van der Waals surface area contributed by atoms with E-state index < -0.39 is 0 Å². The van der Waals surface area contributed by atoms with Crippen LogP contribution in [0.15, 0.2) is 84.9 Å². The molecule has 0 atom stereocenters. The minimum absolute atomic E-state index is 0.963. The van der Waals surface area contributed by atoms with Gasteiger partial charge >= 0.3 is 0 Å². The molecule has 4 aromatic rings. The van der Waals surface area contributed by atoms with Crippen molar-refractivity contribution in [2.45, 2.75) is 12.8 Å². The van der Waals surface area contributed by atoms with Crippen molar-refractivity contribution < 1.29 is 0 Å². The Morgan fingerprint density at radius 2 is 1.06 bits per heavy atom. The average Bonchev–Trinajstić information content (AvgIpc) is 3.08. The highest BCUT2D eigenvalue weighted by molar-refractivity contribution is 5.90. The molecule has 0 saturated carbocycles. The van der Waals surface area contributed by atoms with Crippen LogP contribution >= 0.6 is 0 Å². The maximum atomic E-state index is 6.52. The Hall–Kier alpha value is -3.86. The molecule has 4 N–H and O–H groups in total. The summed E-state index contributed by atoms with van der Waals surface area (Å²) in [5.41, 5.74) is 11.3. The number of hydrogen-bond acceptors (Lipinski definition) is 4. The Bertz CT molecular complexity index is 1370. The van der Waals surface area contributed by atoms with Gasteiger partial charge in [0, 0.05) is 5.56 Å². The second-order valence-corrected chi connectivity index (χ2v) is 8.38. The van der Waals surface area contributed by atoms with E-state index in [0.717, 1.165) is 46.7 Å². The van der Waals surface area contributed by atoms with E-state index in [1.165, 1.54) is 22.3 Å². The number of nitrogens with two attached hydrogens (primary N) is 2. The van der Waals surface area contributed by atoms with Gasteiger partial charge in [-0.25, -0.2) is 11.7 Å². The third kappa shape index (κ3) is 3.01. The number of hydrazine groups is 2. The fraction of sp³-hybridized carbons (Fsp3) is 0.0714. The predicted octanol–water partition coefficient (Wildman–Crippen LogP) is 5.96. The Morgan fingerprint density at radius 3 is 1.94 bits per heavy atom. The molecule has 0 bridgehead atoms. The zero-order valence-electron chi connectivity index (χ0n) is 17.7. The van der Waals surface area contributed by atoms with Crippen molar-refractivity contribution in [3.63, 3.8) is 0 Å². The van der Waals surface area contributed by atoms with Crippen LogP contribution in [0, 0.1) is 0 Å². The van der Waals surface area contributed by atoms with Crippen LogP contribution < -0.4 is 21.7 Å². The zero-order valence-corrected chi connectivity index (χ0v) is 17.7. The standard InChI is InChI=1S/C28H24N4/c29-31-25-7-3-1-5-19(25)9-11-23-17-21(13-15-27(23)31)22-14-16-28-24(18-22)12-10-20-6-2-4-8-26(20)32(28)30/h1-9,11,13-18H,10,12,29-30H2. The quantitative estimate of drug-likeness (QED) is 0.376. The number of aryl methyl sites for hydroxylation is 2. The lowest BCUT2D eigenvalue weighted by Crippen LogP contribution is -2.26. The van der Waals surface area contributed by atoms with Crippen LogP contribution in [-0.2, 0) is 12.8 Å². The molecule has 4 heteroatoms. The van der Waals surface area contributed by atoms with E-state index in [0.29, 0.717) is 0 Å². The van der Waals surface area contributed by atoms with Gasteiger partial charge in [0.25, 0.3) is 0 Å². The molecule has 0 radical (unpaired) electrons. The topological polar surface area (TPSA) is 58.5 Å². The van der Waals surface area contributed by atoms with E-state index in [1.54, 1.807) is 5.01 Å². The smallest absolute Gasteiger partial charge is 0.0648 e. The number of benzene rings is 4. The molecule has 4 nitrogen and oxygen atoms in total. The second-order valence-electron chi connectivity index (χ2n) is 8.38. The highest BCUT2D eigenvalue weighted by atomic mass is 15.4. The molecular weight excluding hydrogens is 392 g/mol. The molecule has 156 valence electrons. The fourth-order valence-electron chi connectivity index (χ4n) is 4.80. The highest BCUT2D eigenvalue weighted by Gasteiger charge is 2.19. The first-order valence-corrected chi connectivity index (χ1v) is 10.9. The van der Waals surface area contributed by atoms with Crippen molar-refractivity contribution in [2.24, 2.45) is 11.7 Å². The number of nitrogens with zero attached hydrogens (tertiary/aromatic N) is 2. The van der Waals surface area contributed by atoms with E-state index in [2.05, 4.69) is 72.8 Å². The Morgan fingerprint density at radius 1 is 0.500 bits per heavy atom. The van der Waals surface area contributed by atoms with Gasteiger partial charge in [-0.1, -0.05) is 60.7 Å². The van der Waals surface area contributed by atoms with Crippen molar-refractivity contribution in [3.05, 3.63) is 107 Å². The first-order valence-electron chi connectivity index (χ1n) is 10.9. The maximum Gasteiger partial charge on any atom is 0.0648 e. The van der Waals surface area contributed by atoms with E-state index in [1.807, 2.05) is 29.3 Å². The van der Waals surface area contributed by atoms with Crippen LogP contribution in [0.2, 0.25) is 0 Å². The summed E-state index contributed by atoms with van der Waals surface area (Å²) in [5.74, 6) is 13.0. The Labute approximate surface area is 188 Å². The minimum atomic E-state index is 0.963. The second kappa shape index (κ2) is 7.38. The van der Waals surface area contributed by atoms with Crippen molar-refractivity contribution in [1.82, 2.24) is 0 Å². The molecule has 32 heavy (non-hydrogen) atoms. The predicted molar refractivity (Wildman–Crippen MR) is 134 cm³/mol. The molecule has 0 aromatic heterocycles. The van der Waals surface area contributed by atoms with Gasteiger partial charge in [-0.15, -0.1) is 0 Å². The van der Waals surface area contributed by atoms with Crippen molar-refractivity contribution >= 4 is 34.9 Å². The third-order valence-corrected chi connectivity index (χ3v) is 6.51. The number of rotatable bonds is 1. The van der Waals surface area contributed by atoms with Crippen LogP contribution in [0.4, 0.5) is 22.7 Å². The van der Waals surface area contributed by atoms with Crippen LogP contribution in [0.1, 0.15) is 22.3 Å². The van der Waals surface area contributed by atoms with Crippen molar-refractivity contribution in [2.75, 3.05) is 10.0 Å². The average molecular weight is 417 g/mol. The Kier molecular flexibility index (Phi) is 4.35. The van der Waals surface area contributed by atoms with E-state index in [4.69, 9.17) is 11.7 Å². The molecule has 2 aliphatic rings. The van der Waals surface area contributed by atoms with E-state index >= 15 is 0 Å². The molecule has 4 aromatic carbocycles. The van der Waals surface area contributed by atoms with Gasteiger partial charge in [0.05, 0.1) is 22.7 Å². The molecule has 6 rings (SSSR count). The molecular formula is C28H24N4. The monoisotopic (exact) mass is 416 g/mol. The molecule has 2 heterocycles. The molecule has 0 fully saturated rings. The van der Waals surface area contributed by atoms with Gasteiger partial charge in [-0.3, -0.25) is 10.0 Å². The number of anilines is 4. The van der Waals surface area contributed by atoms with Crippen molar-refractivity contribution in [3.8, 4) is 11.1 Å². The maximum absolute atomic E-state index is 6.52. The lowest BCUT2D eigenvalue weighted by molar-refractivity contribution is 0.978. The zero-order chi connectivity index (χ0) is 21.7. The summed E-state index contributed by atoms with van der Waals surface area (Å²) in [6, 6.07) is 29.6.